The van der Waals surface area contributed by atoms with E-state index in [0.717, 1.165) is 31.2 Å². The number of nitrogens with zero attached hydrogens (tertiary/aromatic N) is 2. The topological polar surface area (TPSA) is 58.1 Å². The molecule has 0 unspecified atom stereocenters. The van der Waals surface area contributed by atoms with Crippen LogP contribution in [0.3, 0.4) is 0 Å². The number of aliphatic imine (C=N–C) groups is 1. The summed E-state index contributed by atoms with van der Waals surface area (Å²) in [5.41, 5.74) is 1.01. The average Bonchev–Trinajstić information content (AvgIpc) is 2.67. The Balaban J connectivity index is 1.55. The van der Waals surface area contributed by atoms with Gasteiger partial charge in [0, 0.05) is 19.6 Å². The fraction of sp³-hybridized carbons (Fsp3) is 0.632. The summed E-state index contributed by atoms with van der Waals surface area (Å²) >= 11 is 6.30. The van der Waals surface area contributed by atoms with Crippen LogP contribution in [0.4, 0.5) is 0 Å². The number of benzene rings is 1. The zero-order chi connectivity index (χ0) is 18.2. The highest BCUT2D eigenvalue weighted by atomic mass is 35.5. The number of hydrogen-bond acceptors (Lipinski definition) is 4. The van der Waals surface area contributed by atoms with E-state index in [4.69, 9.17) is 21.1 Å². The zero-order valence-electron chi connectivity index (χ0n) is 15.5. The Morgan fingerprint density at radius 3 is 2.77 bits per heavy atom. The van der Waals surface area contributed by atoms with Gasteiger partial charge in [-0.25, -0.2) is 4.99 Å². The van der Waals surface area contributed by atoms with Crippen LogP contribution in [0.15, 0.2) is 17.1 Å². The minimum absolute atomic E-state index is 0.537. The molecule has 0 aliphatic carbocycles. The molecule has 0 bridgehead atoms. The van der Waals surface area contributed by atoms with Gasteiger partial charge >= 0.3 is 0 Å². The van der Waals surface area contributed by atoms with E-state index in [2.05, 4.69) is 27.4 Å². The molecule has 2 heterocycles. The van der Waals surface area contributed by atoms with Gasteiger partial charge in [0.15, 0.2) is 17.5 Å². The second kappa shape index (κ2) is 9.88. The number of halogens is 1. The molecule has 2 N–H and O–H groups in total. The van der Waals surface area contributed by atoms with Crippen LogP contribution in [0, 0.1) is 0 Å². The highest BCUT2D eigenvalue weighted by Gasteiger charge is 2.16. The van der Waals surface area contributed by atoms with Crippen LogP contribution in [0.25, 0.3) is 0 Å². The van der Waals surface area contributed by atoms with Gasteiger partial charge in [0.05, 0.1) is 11.6 Å². The largest absolute Gasteiger partial charge is 0.486 e. The molecule has 0 aromatic heterocycles. The molecule has 1 saturated heterocycles. The number of ether oxygens (including phenoxy) is 2. The second-order valence-electron chi connectivity index (χ2n) is 6.63. The first-order valence-corrected chi connectivity index (χ1v) is 9.96. The van der Waals surface area contributed by atoms with E-state index >= 15 is 0 Å². The lowest BCUT2D eigenvalue weighted by atomic mass is 10.1. The Morgan fingerprint density at radius 1 is 1.15 bits per heavy atom. The first-order valence-electron chi connectivity index (χ1n) is 9.59. The third-order valence-corrected chi connectivity index (χ3v) is 4.87. The Bertz CT molecular complexity index is 618. The lowest BCUT2D eigenvalue weighted by molar-refractivity contribution is 0.171. The second-order valence-corrected chi connectivity index (χ2v) is 7.03. The van der Waals surface area contributed by atoms with Crippen LogP contribution < -0.4 is 20.1 Å². The van der Waals surface area contributed by atoms with Crippen LogP contribution in [0.2, 0.25) is 5.02 Å². The number of hydrogen-bond donors (Lipinski definition) is 2. The monoisotopic (exact) mass is 380 g/mol. The average molecular weight is 381 g/mol. The molecule has 2 aliphatic rings. The molecule has 0 atom stereocenters. The Labute approximate surface area is 160 Å². The van der Waals surface area contributed by atoms with Crippen molar-refractivity contribution in [3.63, 3.8) is 0 Å². The van der Waals surface area contributed by atoms with E-state index in [1.54, 1.807) is 0 Å². The fourth-order valence-electron chi connectivity index (χ4n) is 3.28. The maximum atomic E-state index is 6.30. The van der Waals surface area contributed by atoms with E-state index in [0.29, 0.717) is 36.3 Å². The van der Waals surface area contributed by atoms with Crippen LogP contribution in [-0.2, 0) is 6.54 Å². The van der Waals surface area contributed by atoms with Gasteiger partial charge in [-0.2, -0.15) is 0 Å². The molecule has 0 spiro atoms. The van der Waals surface area contributed by atoms with Gasteiger partial charge in [-0.1, -0.05) is 18.0 Å². The normalized spacial score (nSPS) is 17.8. The summed E-state index contributed by atoms with van der Waals surface area (Å²) in [6.07, 6.45) is 4.00. The highest BCUT2D eigenvalue weighted by molar-refractivity contribution is 6.32. The van der Waals surface area contributed by atoms with Crippen molar-refractivity contribution in [2.45, 2.75) is 32.7 Å². The molecule has 0 amide bonds. The van der Waals surface area contributed by atoms with Crippen molar-refractivity contribution in [3.8, 4) is 11.5 Å². The summed E-state index contributed by atoms with van der Waals surface area (Å²) in [6, 6.07) is 3.86. The van der Waals surface area contributed by atoms with E-state index < -0.39 is 0 Å². The number of fused-ring (bicyclic) bond motifs is 1. The van der Waals surface area contributed by atoms with Crippen molar-refractivity contribution >= 4 is 17.6 Å². The maximum Gasteiger partial charge on any atom is 0.191 e. The van der Waals surface area contributed by atoms with E-state index in [1.165, 1.54) is 32.4 Å². The first-order chi connectivity index (χ1) is 12.8. The Kier molecular flexibility index (Phi) is 7.26. The van der Waals surface area contributed by atoms with Crippen LogP contribution in [-0.4, -0.2) is 56.8 Å². The lowest BCUT2D eigenvalue weighted by Gasteiger charge is -2.26. The fourth-order valence-corrected chi connectivity index (χ4v) is 3.57. The summed E-state index contributed by atoms with van der Waals surface area (Å²) in [6.45, 7) is 8.91. The molecular formula is C19H29ClN4O2. The van der Waals surface area contributed by atoms with Crippen LogP contribution in [0.1, 0.15) is 31.7 Å². The molecule has 0 radical (unpaired) electrons. The SMILES string of the molecule is CCNC(=NCc1cc(Cl)c2c(c1)OCCO2)NCCN1CCCCC1. The molecule has 7 heteroatoms. The van der Waals surface area contributed by atoms with E-state index in [1.807, 2.05) is 12.1 Å². The van der Waals surface area contributed by atoms with Gasteiger partial charge in [0.25, 0.3) is 0 Å². The molecule has 2 aliphatic heterocycles. The zero-order valence-corrected chi connectivity index (χ0v) is 16.3. The summed E-state index contributed by atoms with van der Waals surface area (Å²) in [5, 5.41) is 7.30. The van der Waals surface area contributed by atoms with Crippen molar-refractivity contribution in [2.75, 3.05) is 45.9 Å². The van der Waals surface area contributed by atoms with Gasteiger partial charge in [-0.3, -0.25) is 0 Å². The van der Waals surface area contributed by atoms with Crippen LogP contribution >= 0.6 is 11.6 Å². The van der Waals surface area contributed by atoms with E-state index in [-0.39, 0.29) is 0 Å². The van der Waals surface area contributed by atoms with Gasteiger partial charge in [-0.15, -0.1) is 0 Å². The van der Waals surface area contributed by atoms with Crippen molar-refractivity contribution in [1.29, 1.82) is 0 Å². The third-order valence-electron chi connectivity index (χ3n) is 4.59. The van der Waals surface area contributed by atoms with Crippen molar-refractivity contribution in [3.05, 3.63) is 22.7 Å². The summed E-state index contributed by atoms with van der Waals surface area (Å²) in [5.74, 6) is 2.17. The van der Waals surface area contributed by atoms with Crippen LogP contribution in [0.5, 0.6) is 11.5 Å². The van der Waals surface area contributed by atoms with Gasteiger partial charge < -0.3 is 25.0 Å². The highest BCUT2D eigenvalue weighted by Crippen LogP contribution is 2.38. The lowest BCUT2D eigenvalue weighted by Crippen LogP contribution is -2.42. The van der Waals surface area contributed by atoms with E-state index in [9.17, 15) is 0 Å². The molecule has 6 nitrogen and oxygen atoms in total. The predicted molar refractivity (Wildman–Crippen MR) is 106 cm³/mol. The van der Waals surface area contributed by atoms with Crippen molar-refractivity contribution < 1.29 is 9.47 Å². The quantitative estimate of drug-likeness (QED) is 0.587. The standard InChI is InChI=1S/C19H29ClN4O2/c1-2-21-19(22-6-9-24-7-4-3-5-8-24)23-14-15-12-16(20)18-17(13-15)25-10-11-26-18/h12-13H,2-11,14H2,1H3,(H2,21,22,23). The van der Waals surface area contributed by atoms with Crippen molar-refractivity contribution in [1.82, 2.24) is 15.5 Å². The molecule has 3 rings (SSSR count). The number of piperidine rings is 1. The van der Waals surface area contributed by atoms with Gasteiger partial charge in [-0.05, 0) is 50.6 Å². The summed E-state index contributed by atoms with van der Waals surface area (Å²) < 4.78 is 11.2. The summed E-state index contributed by atoms with van der Waals surface area (Å²) in [4.78, 5) is 7.19. The first kappa shape index (κ1) is 19.1. The van der Waals surface area contributed by atoms with Gasteiger partial charge in [0.2, 0.25) is 0 Å². The molecule has 1 fully saturated rings. The molecule has 26 heavy (non-hydrogen) atoms. The minimum Gasteiger partial charge on any atom is -0.486 e. The number of likely N-dealkylation sites (tertiary alicyclic amines) is 1. The smallest absolute Gasteiger partial charge is 0.191 e. The number of nitrogens with one attached hydrogen (secondary N) is 2. The summed E-state index contributed by atoms with van der Waals surface area (Å²) in [7, 11) is 0. The maximum absolute atomic E-state index is 6.30. The van der Waals surface area contributed by atoms with Crippen molar-refractivity contribution in [2.24, 2.45) is 4.99 Å². The molecule has 1 aromatic carbocycles. The third kappa shape index (κ3) is 5.42. The molecular weight excluding hydrogens is 352 g/mol. The molecule has 144 valence electrons. The Morgan fingerprint density at radius 2 is 1.96 bits per heavy atom. The Hall–Kier alpha value is -1.66. The molecule has 1 aromatic rings. The van der Waals surface area contributed by atoms with Gasteiger partial charge in [0.1, 0.15) is 13.2 Å². The minimum atomic E-state index is 0.537. The number of guanidine groups is 1. The molecule has 0 saturated carbocycles. The number of rotatable bonds is 6. The predicted octanol–water partition coefficient (Wildman–Crippen LogP) is 2.65.